The van der Waals surface area contributed by atoms with E-state index in [4.69, 9.17) is 5.73 Å². The number of para-hydroxylation sites is 1. The molecule has 0 aliphatic heterocycles. The van der Waals surface area contributed by atoms with Crippen molar-refractivity contribution >= 4 is 52.8 Å². The Morgan fingerprint density at radius 3 is 2.03 bits per heavy atom. The third-order valence-electron chi connectivity index (χ3n) is 9.73. The summed E-state index contributed by atoms with van der Waals surface area (Å²) in [6.07, 6.45) is 4.17. The highest BCUT2D eigenvalue weighted by atomic mass is 19.1. The number of hydrogen-bond acceptors (Lipinski definition) is 11. The minimum atomic E-state index is -1.66. The highest BCUT2D eigenvalue weighted by Crippen LogP contribution is 2.17. The first-order valence-electron chi connectivity index (χ1n) is 19.8. The molecule has 19 heteroatoms. The van der Waals surface area contributed by atoms with Gasteiger partial charge in [-0.05, 0) is 78.9 Å². The van der Waals surface area contributed by atoms with Crippen molar-refractivity contribution in [1.82, 2.24) is 42.0 Å². The summed E-state index contributed by atoms with van der Waals surface area (Å²) in [7, 11) is 1.29. The Morgan fingerprint density at radius 1 is 0.774 bits per heavy atom. The quantitative estimate of drug-likeness (QED) is 0.0407. The molecular formula is C43H51FN9O9. The molecule has 4 aromatic rings. The number of unbranched alkanes of at least 4 members (excludes halogenated alkanes) is 1. The van der Waals surface area contributed by atoms with Gasteiger partial charge in [-0.2, -0.15) is 0 Å². The van der Waals surface area contributed by atoms with Crippen LogP contribution >= 0.6 is 0 Å². The van der Waals surface area contributed by atoms with Crippen LogP contribution in [0, 0.1) is 5.82 Å². The summed E-state index contributed by atoms with van der Waals surface area (Å²) in [4.78, 5) is 97.5. The van der Waals surface area contributed by atoms with Crippen molar-refractivity contribution in [2.75, 3.05) is 20.2 Å². The van der Waals surface area contributed by atoms with E-state index in [-0.39, 0.29) is 31.4 Å². The average molecular weight is 857 g/mol. The fraction of sp³-hybridized carbons (Fsp3) is 0.349. The van der Waals surface area contributed by atoms with Crippen molar-refractivity contribution in [1.29, 1.82) is 0 Å². The van der Waals surface area contributed by atoms with Crippen molar-refractivity contribution in [3.05, 3.63) is 108 Å². The van der Waals surface area contributed by atoms with E-state index >= 15 is 0 Å². The maximum Gasteiger partial charge on any atom is 0.334 e. The van der Waals surface area contributed by atoms with E-state index in [1.54, 1.807) is 48.8 Å². The Bertz CT molecular complexity index is 2180. The van der Waals surface area contributed by atoms with Gasteiger partial charge in [-0.25, -0.2) is 14.6 Å². The Labute approximate surface area is 357 Å². The average Bonchev–Trinajstić information content (AvgIpc) is 3.26. The Balaban J connectivity index is 1.63. The standard InChI is InChI=1S/C43H51FN9O9/c1-26(56)51-52-43(62)50-36(20-27-10-14-31(44)15-11-27)40(59)48-35(21-29-19-30-7-3-4-9-34(30)46-23-29)39(58)49-37(25-55)42(61)53(2)38(22-28-12-16-33(57)17-13-28)41(60)47-32(24-54)8-5-6-18-45/h3-4,7,9-17,19,23,32,35-38,55,57H,5-6,8,18,20-22,25,45H2,1-2H3,(H,47,60)(H,48,59)(H,49,58)(H,51,56)(H2,50,52,62)/t32-,35+,36+,37+,38+/m1/s1. The summed E-state index contributed by atoms with van der Waals surface area (Å²) >= 11 is 0. The zero-order valence-corrected chi connectivity index (χ0v) is 34.2. The molecule has 0 unspecified atom stereocenters. The highest BCUT2D eigenvalue weighted by Gasteiger charge is 2.35. The van der Waals surface area contributed by atoms with Crippen molar-refractivity contribution in [3.8, 4) is 5.75 Å². The molecule has 5 atom stereocenters. The molecule has 1 aromatic heterocycles. The fourth-order valence-corrected chi connectivity index (χ4v) is 6.39. The summed E-state index contributed by atoms with van der Waals surface area (Å²) in [6, 6.07) is 12.1. The molecule has 4 rings (SSSR count). The van der Waals surface area contributed by atoms with Crippen LogP contribution in [-0.2, 0) is 48.0 Å². The second-order valence-corrected chi connectivity index (χ2v) is 14.5. The molecule has 1 radical (unpaired) electrons. The molecule has 0 bridgehead atoms. The van der Waals surface area contributed by atoms with E-state index in [1.165, 1.54) is 37.5 Å². The van der Waals surface area contributed by atoms with E-state index in [9.17, 15) is 48.2 Å². The number of benzene rings is 3. The number of carbonyl (C=O) groups is 6. The largest absolute Gasteiger partial charge is 0.508 e. The first-order valence-corrected chi connectivity index (χ1v) is 19.8. The molecule has 0 saturated carbocycles. The van der Waals surface area contributed by atoms with Crippen molar-refractivity contribution in [2.24, 2.45) is 5.73 Å². The molecule has 0 aliphatic carbocycles. The second-order valence-electron chi connectivity index (χ2n) is 14.5. The maximum atomic E-state index is 14.2. The molecule has 7 amide bonds. The summed E-state index contributed by atoms with van der Waals surface area (Å²) in [6.45, 7) is 0.583. The Kier molecular flexibility index (Phi) is 18.2. The van der Waals surface area contributed by atoms with E-state index in [0.717, 1.165) is 29.3 Å². The number of aromatic nitrogens is 1. The zero-order valence-electron chi connectivity index (χ0n) is 34.2. The molecule has 0 saturated heterocycles. The number of nitrogens with zero attached hydrogens (tertiary/aromatic N) is 2. The number of phenols is 1. The highest BCUT2D eigenvalue weighted by molar-refractivity contribution is 5.96. The SMILES string of the molecule is CC(=O)NNC(=O)N[C@@H](Cc1ccc(F)cc1)C(=O)N[C@@H](Cc1cnc2ccccc2c1)C(=O)N[C@@H](CO)C(=O)N(C)[C@@H](Cc1ccc(O)cc1)C(=O)N[C@@H]([C]=O)CCCCN. The van der Waals surface area contributed by atoms with Gasteiger partial charge in [0.15, 0.2) is 0 Å². The van der Waals surface area contributed by atoms with Gasteiger partial charge in [0, 0.05) is 44.8 Å². The number of nitrogens with two attached hydrogens (primary N) is 1. The summed E-state index contributed by atoms with van der Waals surface area (Å²) < 4.78 is 13.7. The van der Waals surface area contributed by atoms with Crippen LogP contribution in [0.3, 0.4) is 0 Å². The topological polar surface area (TPSA) is 274 Å². The van der Waals surface area contributed by atoms with Crippen LogP contribution in [0.1, 0.15) is 42.9 Å². The molecular weight excluding hydrogens is 806 g/mol. The third-order valence-corrected chi connectivity index (χ3v) is 9.73. The number of hydrazine groups is 1. The van der Waals surface area contributed by atoms with E-state index in [0.29, 0.717) is 41.6 Å². The monoisotopic (exact) mass is 856 g/mol. The van der Waals surface area contributed by atoms with Gasteiger partial charge in [-0.1, -0.05) is 42.5 Å². The summed E-state index contributed by atoms with van der Waals surface area (Å²) in [5.74, 6) is -4.64. The second kappa shape index (κ2) is 23.7. The lowest BCUT2D eigenvalue weighted by atomic mass is 10.0. The van der Waals surface area contributed by atoms with Crippen LogP contribution in [0.2, 0.25) is 0 Å². The lowest BCUT2D eigenvalue weighted by Crippen LogP contribution is -2.61. The van der Waals surface area contributed by atoms with Crippen LogP contribution in [0.25, 0.3) is 10.9 Å². The first-order chi connectivity index (χ1) is 29.7. The smallest absolute Gasteiger partial charge is 0.334 e. The number of nitrogens with one attached hydrogen (secondary N) is 6. The van der Waals surface area contributed by atoms with E-state index in [2.05, 4.69) is 37.1 Å². The predicted octanol–water partition coefficient (Wildman–Crippen LogP) is 0.339. The van der Waals surface area contributed by atoms with Gasteiger partial charge in [0.2, 0.25) is 35.8 Å². The molecule has 10 N–H and O–H groups in total. The molecule has 18 nitrogen and oxygen atoms in total. The first kappa shape index (κ1) is 47.7. The lowest BCUT2D eigenvalue weighted by Gasteiger charge is -2.32. The van der Waals surface area contributed by atoms with Gasteiger partial charge in [0.1, 0.15) is 35.7 Å². The molecule has 0 aliphatic rings. The number of amides is 7. The van der Waals surface area contributed by atoms with Crippen molar-refractivity contribution in [2.45, 2.75) is 75.7 Å². The number of phenolic OH excluding ortho intramolecular Hbond substituents is 1. The molecule has 0 spiro atoms. The zero-order chi connectivity index (χ0) is 45.2. The normalized spacial score (nSPS) is 13.3. The number of likely N-dealkylation sites (N-methyl/N-ethyl adjacent to an activating group) is 1. The van der Waals surface area contributed by atoms with Gasteiger partial charge in [0.25, 0.3) is 0 Å². The van der Waals surface area contributed by atoms with Crippen LogP contribution in [0.4, 0.5) is 9.18 Å². The number of carbonyl (C=O) groups excluding carboxylic acids is 7. The van der Waals surface area contributed by atoms with Crippen LogP contribution in [0.15, 0.2) is 85.1 Å². The van der Waals surface area contributed by atoms with Gasteiger partial charge in [0.05, 0.1) is 18.2 Å². The molecule has 3 aromatic carbocycles. The number of hydrogen-bond donors (Lipinski definition) is 9. The van der Waals surface area contributed by atoms with Crippen LogP contribution in [0.5, 0.6) is 5.75 Å². The summed E-state index contributed by atoms with van der Waals surface area (Å²) in [5, 5.41) is 31.2. The minimum absolute atomic E-state index is 0.0373. The number of urea groups is 1. The lowest BCUT2D eigenvalue weighted by molar-refractivity contribution is -0.143. The van der Waals surface area contributed by atoms with Gasteiger partial charge < -0.3 is 42.1 Å². The number of rotatable bonds is 21. The molecule has 329 valence electrons. The maximum absolute atomic E-state index is 14.2. The van der Waals surface area contributed by atoms with E-state index in [1.807, 2.05) is 0 Å². The number of aliphatic hydroxyl groups excluding tert-OH is 1. The Hall–Kier alpha value is -6.99. The van der Waals surface area contributed by atoms with Gasteiger partial charge in [-0.15, -0.1) is 0 Å². The number of aromatic hydroxyl groups is 1. The number of pyridine rings is 1. The molecule has 1 heterocycles. The Morgan fingerprint density at radius 2 is 1.39 bits per heavy atom. The molecule has 62 heavy (non-hydrogen) atoms. The van der Waals surface area contributed by atoms with Crippen molar-refractivity contribution in [3.63, 3.8) is 0 Å². The van der Waals surface area contributed by atoms with Gasteiger partial charge in [-0.3, -0.25) is 39.2 Å². The predicted molar refractivity (Wildman–Crippen MR) is 225 cm³/mol. The number of halogens is 1. The number of fused-ring (bicyclic) bond motifs is 1. The van der Waals surface area contributed by atoms with Crippen LogP contribution in [-0.4, -0.2) is 112 Å². The summed E-state index contributed by atoms with van der Waals surface area (Å²) in [5.41, 5.74) is 11.9. The van der Waals surface area contributed by atoms with Crippen molar-refractivity contribution < 1.29 is 48.2 Å². The van der Waals surface area contributed by atoms with E-state index < -0.39 is 78.2 Å². The minimum Gasteiger partial charge on any atom is -0.508 e. The fourth-order valence-electron chi connectivity index (χ4n) is 6.39. The number of aliphatic hydroxyl groups is 1. The van der Waals surface area contributed by atoms with Crippen LogP contribution < -0.4 is 37.9 Å². The van der Waals surface area contributed by atoms with Gasteiger partial charge >= 0.3 is 6.03 Å². The third kappa shape index (κ3) is 14.6. The molecule has 0 fully saturated rings.